The van der Waals surface area contributed by atoms with Gasteiger partial charge in [-0.25, -0.2) is 0 Å². The summed E-state index contributed by atoms with van der Waals surface area (Å²) in [6.07, 6.45) is 11.3. The normalized spacial score (nSPS) is 30.0. The predicted octanol–water partition coefficient (Wildman–Crippen LogP) is 2.77. The van der Waals surface area contributed by atoms with Gasteiger partial charge in [0.15, 0.2) is 0 Å². The number of rotatable bonds is 5. The lowest BCUT2D eigenvalue weighted by atomic mass is 9.94. The fraction of sp³-hybridized carbons (Fsp3) is 1.00. The third-order valence-corrected chi connectivity index (χ3v) is 4.73. The summed E-state index contributed by atoms with van der Waals surface area (Å²) in [7, 11) is 0. The van der Waals surface area contributed by atoms with Crippen LogP contribution in [0.2, 0.25) is 0 Å². The summed E-state index contributed by atoms with van der Waals surface area (Å²) in [6.45, 7) is 4.51. The fourth-order valence-electron chi connectivity index (χ4n) is 3.91. The highest BCUT2D eigenvalue weighted by atomic mass is 15.2. The molecule has 0 radical (unpaired) electrons. The quantitative estimate of drug-likeness (QED) is 0.778. The van der Waals surface area contributed by atoms with Gasteiger partial charge in [-0.2, -0.15) is 0 Å². The Morgan fingerprint density at radius 1 is 1.19 bits per heavy atom. The molecule has 1 saturated carbocycles. The molecule has 0 spiro atoms. The average Bonchev–Trinajstić information content (AvgIpc) is 2.94. The minimum absolute atomic E-state index is 0.762. The average molecular weight is 224 g/mol. The van der Waals surface area contributed by atoms with Gasteiger partial charge in [0, 0.05) is 12.1 Å². The second-order valence-corrected chi connectivity index (χ2v) is 5.63. The van der Waals surface area contributed by atoms with Gasteiger partial charge in [-0.3, -0.25) is 4.90 Å². The molecule has 16 heavy (non-hydrogen) atoms. The van der Waals surface area contributed by atoms with Crippen LogP contribution in [0.25, 0.3) is 0 Å². The van der Waals surface area contributed by atoms with Crippen LogP contribution in [0.3, 0.4) is 0 Å². The summed E-state index contributed by atoms with van der Waals surface area (Å²) in [5, 5.41) is 0. The zero-order chi connectivity index (χ0) is 11.4. The van der Waals surface area contributed by atoms with Gasteiger partial charge >= 0.3 is 0 Å². The van der Waals surface area contributed by atoms with Gasteiger partial charge in [0.2, 0.25) is 0 Å². The largest absolute Gasteiger partial charge is 0.330 e. The van der Waals surface area contributed by atoms with Crippen molar-refractivity contribution in [3.8, 4) is 0 Å². The Kier molecular flexibility index (Phi) is 4.66. The third kappa shape index (κ3) is 2.60. The van der Waals surface area contributed by atoms with Crippen molar-refractivity contribution in [3.05, 3.63) is 0 Å². The maximum atomic E-state index is 5.74. The van der Waals surface area contributed by atoms with Crippen LogP contribution in [0.15, 0.2) is 0 Å². The lowest BCUT2D eigenvalue weighted by Gasteiger charge is -2.35. The van der Waals surface area contributed by atoms with Crippen LogP contribution >= 0.6 is 0 Å². The Morgan fingerprint density at radius 2 is 1.94 bits per heavy atom. The summed E-state index contributed by atoms with van der Waals surface area (Å²) in [5.74, 6) is 1.01. The molecule has 2 fully saturated rings. The molecular formula is C14H28N2. The van der Waals surface area contributed by atoms with Crippen molar-refractivity contribution < 1.29 is 0 Å². The lowest BCUT2D eigenvalue weighted by Crippen LogP contribution is -2.43. The van der Waals surface area contributed by atoms with Crippen LogP contribution in [-0.4, -0.2) is 30.1 Å². The van der Waals surface area contributed by atoms with E-state index in [0.29, 0.717) is 0 Å². The molecule has 2 heteroatoms. The lowest BCUT2D eigenvalue weighted by molar-refractivity contribution is 0.126. The van der Waals surface area contributed by atoms with Crippen LogP contribution in [0.5, 0.6) is 0 Å². The van der Waals surface area contributed by atoms with Crippen molar-refractivity contribution in [2.75, 3.05) is 13.1 Å². The van der Waals surface area contributed by atoms with Gasteiger partial charge in [0.1, 0.15) is 0 Å². The molecule has 0 aromatic rings. The van der Waals surface area contributed by atoms with Crippen LogP contribution in [-0.2, 0) is 0 Å². The Balaban J connectivity index is 1.95. The summed E-state index contributed by atoms with van der Waals surface area (Å²) in [6, 6.07) is 1.66. The first-order valence-corrected chi connectivity index (χ1v) is 7.32. The van der Waals surface area contributed by atoms with Crippen molar-refractivity contribution in [3.63, 3.8) is 0 Å². The molecule has 0 aromatic carbocycles. The number of hydrogen-bond donors (Lipinski definition) is 1. The molecule has 2 rings (SSSR count). The Bertz CT molecular complexity index is 199. The monoisotopic (exact) mass is 224 g/mol. The molecule has 1 aliphatic heterocycles. The van der Waals surface area contributed by atoms with Crippen molar-refractivity contribution in [1.29, 1.82) is 0 Å². The van der Waals surface area contributed by atoms with Crippen LogP contribution in [0, 0.1) is 5.92 Å². The van der Waals surface area contributed by atoms with E-state index >= 15 is 0 Å². The zero-order valence-electron chi connectivity index (χ0n) is 10.8. The van der Waals surface area contributed by atoms with Gasteiger partial charge in [0.25, 0.3) is 0 Å². The third-order valence-electron chi connectivity index (χ3n) is 4.73. The van der Waals surface area contributed by atoms with Crippen molar-refractivity contribution in [2.45, 2.75) is 70.4 Å². The molecule has 2 nitrogen and oxygen atoms in total. The molecule has 0 amide bonds. The van der Waals surface area contributed by atoms with Crippen molar-refractivity contribution in [1.82, 2.24) is 4.90 Å². The summed E-state index contributed by atoms with van der Waals surface area (Å²) < 4.78 is 0. The van der Waals surface area contributed by atoms with Crippen LogP contribution < -0.4 is 5.73 Å². The van der Waals surface area contributed by atoms with E-state index < -0.39 is 0 Å². The molecule has 1 heterocycles. The topological polar surface area (TPSA) is 29.3 Å². The highest BCUT2D eigenvalue weighted by molar-refractivity contribution is 4.90. The summed E-state index contributed by atoms with van der Waals surface area (Å²) >= 11 is 0. The predicted molar refractivity (Wildman–Crippen MR) is 69.4 cm³/mol. The summed E-state index contributed by atoms with van der Waals surface area (Å²) in [5.41, 5.74) is 5.74. The minimum Gasteiger partial charge on any atom is -0.330 e. The Labute approximate surface area is 101 Å². The minimum atomic E-state index is 0.762. The van der Waals surface area contributed by atoms with E-state index in [4.69, 9.17) is 5.73 Å². The van der Waals surface area contributed by atoms with Crippen molar-refractivity contribution >= 4 is 0 Å². The zero-order valence-corrected chi connectivity index (χ0v) is 10.8. The molecule has 1 aliphatic carbocycles. The molecule has 94 valence electrons. The van der Waals surface area contributed by atoms with Crippen LogP contribution in [0.1, 0.15) is 58.3 Å². The second-order valence-electron chi connectivity index (χ2n) is 5.63. The molecule has 2 N–H and O–H groups in total. The Morgan fingerprint density at radius 3 is 2.56 bits per heavy atom. The van der Waals surface area contributed by atoms with Crippen molar-refractivity contribution in [2.24, 2.45) is 11.7 Å². The molecule has 0 bridgehead atoms. The molecule has 2 atom stereocenters. The molecule has 0 aromatic heterocycles. The van der Waals surface area contributed by atoms with Gasteiger partial charge in [-0.15, -0.1) is 0 Å². The highest BCUT2D eigenvalue weighted by Crippen LogP contribution is 2.37. The first kappa shape index (κ1) is 12.4. The maximum absolute atomic E-state index is 5.74. The smallest absolute Gasteiger partial charge is 0.0127 e. The number of hydrogen-bond acceptors (Lipinski definition) is 2. The second kappa shape index (κ2) is 6.02. The number of nitrogens with two attached hydrogens (primary N) is 1. The van der Waals surface area contributed by atoms with E-state index in [1.54, 1.807) is 0 Å². The number of nitrogens with zero attached hydrogens (tertiary/aromatic N) is 1. The molecule has 2 aliphatic rings. The maximum Gasteiger partial charge on any atom is 0.0127 e. The van der Waals surface area contributed by atoms with E-state index in [1.807, 2.05) is 0 Å². The summed E-state index contributed by atoms with van der Waals surface area (Å²) in [4.78, 5) is 2.81. The van der Waals surface area contributed by atoms with Gasteiger partial charge < -0.3 is 5.73 Å². The standard InChI is InChI=1S/C14H28N2/c1-2-13(9-10-15)16-11-5-8-14(16)12-6-3-4-7-12/h12-14H,2-11,15H2,1H3. The fourth-order valence-corrected chi connectivity index (χ4v) is 3.91. The van der Waals surface area contributed by atoms with Gasteiger partial charge in [-0.1, -0.05) is 19.8 Å². The van der Waals surface area contributed by atoms with Crippen LogP contribution in [0.4, 0.5) is 0 Å². The first-order chi connectivity index (χ1) is 7.86. The molecule has 1 saturated heterocycles. The van der Waals surface area contributed by atoms with E-state index in [-0.39, 0.29) is 0 Å². The van der Waals surface area contributed by atoms with Gasteiger partial charge in [0.05, 0.1) is 0 Å². The number of likely N-dealkylation sites (tertiary alicyclic amines) is 1. The van der Waals surface area contributed by atoms with E-state index in [1.165, 1.54) is 57.9 Å². The molecular weight excluding hydrogens is 196 g/mol. The van der Waals surface area contributed by atoms with E-state index in [9.17, 15) is 0 Å². The van der Waals surface area contributed by atoms with E-state index in [0.717, 1.165) is 24.5 Å². The Hall–Kier alpha value is -0.0800. The van der Waals surface area contributed by atoms with E-state index in [2.05, 4.69) is 11.8 Å². The van der Waals surface area contributed by atoms with Gasteiger partial charge in [-0.05, 0) is 57.5 Å². The molecule has 2 unspecified atom stereocenters. The SMILES string of the molecule is CCC(CCN)N1CCCC1C1CCCC1. The highest BCUT2D eigenvalue weighted by Gasteiger charge is 2.35. The first-order valence-electron chi connectivity index (χ1n) is 7.32.